The van der Waals surface area contributed by atoms with Gasteiger partial charge in [-0.1, -0.05) is 0 Å². The molecule has 3 nitrogen and oxygen atoms in total. The normalized spacial score (nSPS) is 22.5. The average Bonchev–Trinajstić information content (AvgIpc) is 1.86. The van der Waals surface area contributed by atoms with Crippen LogP contribution in [-0.2, 0) is 9.69 Å². The van der Waals surface area contributed by atoms with E-state index in [9.17, 15) is 0 Å². The smallest absolute Gasteiger partial charge is 0.425 e. The fourth-order valence-corrected chi connectivity index (χ4v) is 0.324. The number of hydrogen-bond acceptors (Lipinski definition) is 3. The van der Waals surface area contributed by atoms with Crippen LogP contribution in [0, 0.1) is 0 Å². The van der Waals surface area contributed by atoms with E-state index in [1.165, 1.54) is 0 Å². The fourth-order valence-electron chi connectivity index (χ4n) is 0.324. The van der Waals surface area contributed by atoms with Gasteiger partial charge < -0.3 is 5.02 Å². The van der Waals surface area contributed by atoms with Crippen molar-refractivity contribution in [1.82, 2.24) is 0 Å². The van der Waals surface area contributed by atoms with Gasteiger partial charge in [-0.15, -0.1) is 0 Å². The van der Waals surface area contributed by atoms with Gasteiger partial charge >= 0.3 is 7.12 Å². The van der Waals surface area contributed by atoms with Gasteiger partial charge in [0.2, 0.25) is 0 Å². The highest BCUT2D eigenvalue weighted by Gasteiger charge is 2.19. The maximum absolute atomic E-state index is 8.38. The molecular formula is C2H5BO3. The molecule has 4 heteroatoms. The maximum atomic E-state index is 8.38. The van der Waals surface area contributed by atoms with Gasteiger partial charge in [-0.05, 0) is 0 Å². The molecule has 0 spiro atoms. The van der Waals surface area contributed by atoms with Gasteiger partial charge in [-0.25, -0.2) is 0 Å². The summed E-state index contributed by atoms with van der Waals surface area (Å²) < 4.78 is 0. The third-order valence-electron chi connectivity index (χ3n) is 0.627. The molecule has 6 heavy (non-hydrogen) atoms. The molecule has 0 aromatic heterocycles. The van der Waals surface area contributed by atoms with Gasteiger partial charge in [0.05, 0.1) is 6.61 Å². The van der Waals surface area contributed by atoms with Crippen LogP contribution >= 0.6 is 0 Å². The predicted molar refractivity (Wildman–Crippen MR) is 19.8 cm³/mol. The molecule has 0 amide bonds. The minimum Gasteiger partial charge on any atom is -0.425 e. The van der Waals surface area contributed by atoms with Gasteiger partial charge in [0.25, 0.3) is 0 Å². The van der Waals surface area contributed by atoms with Crippen molar-refractivity contribution in [3.05, 3.63) is 0 Å². The Bertz CT molecular complexity index is 42.1. The second-order valence-corrected chi connectivity index (χ2v) is 1.16. The average molecular weight is 87.9 g/mol. The van der Waals surface area contributed by atoms with Crippen molar-refractivity contribution in [2.24, 2.45) is 0 Å². The molecule has 0 aromatic rings. The van der Waals surface area contributed by atoms with Crippen LogP contribution in [-0.4, -0.2) is 18.7 Å². The first-order valence-electron chi connectivity index (χ1n) is 1.86. The van der Waals surface area contributed by atoms with Gasteiger partial charge in [0.15, 0.2) is 0 Å². The summed E-state index contributed by atoms with van der Waals surface area (Å²) in [6.07, 6.45) is 0.597. The van der Waals surface area contributed by atoms with Crippen molar-refractivity contribution in [2.75, 3.05) is 6.61 Å². The second kappa shape index (κ2) is 1.60. The van der Waals surface area contributed by atoms with Crippen LogP contribution in [0.3, 0.4) is 0 Å². The Morgan fingerprint density at radius 1 is 1.67 bits per heavy atom. The summed E-state index contributed by atoms with van der Waals surface area (Å²) in [4.78, 5) is 8.52. The van der Waals surface area contributed by atoms with Crippen LogP contribution in [0.2, 0.25) is 6.32 Å². The lowest BCUT2D eigenvalue weighted by molar-refractivity contribution is -0.193. The molecule has 0 aliphatic carbocycles. The third kappa shape index (κ3) is 0.709. The summed E-state index contributed by atoms with van der Waals surface area (Å²) in [5.74, 6) is 0. The second-order valence-electron chi connectivity index (χ2n) is 1.16. The molecule has 0 bridgehead atoms. The summed E-state index contributed by atoms with van der Waals surface area (Å²) in [7, 11) is -0.676. The Balaban J connectivity index is 2.18. The Hall–Kier alpha value is -0.0551. The minimum atomic E-state index is -0.676. The van der Waals surface area contributed by atoms with Crippen LogP contribution in [0.4, 0.5) is 0 Å². The van der Waals surface area contributed by atoms with Crippen LogP contribution in [0.1, 0.15) is 0 Å². The first-order valence-corrected chi connectivity index (χ1v) is 1.86. The Morgan fingerprint density at radius 2 is 2.50 bits per heavy atom. The molecule has 1 aliphatic heterocycles. The highest BCUT2D eigenvalue weighted by atomic mass is 17.2. The molecule has 1 saturated heterocycles. The topological polar surface area (TPSA) is 38.7 Å². The van der Waals surface area contributed by atoms with E-state index in [1.54, 1.807) is 0 Å². The van der Waals surface area contributed by atoms with Crippen molar-refractivity contribution >= 4 is 7.12 Å². The zero-order chi connectivity index (χ0) is 4.41. The highest BCUT2D eigenvalue weighted by Crippen LogP contribution is 2.00. The molecule has 0 unspecified atom stereocenters. The molecule has 1 N–H and O–H groups in total. The standard InChI is InChI=1S/C2H5BO3/c4-3-1-2-5-6-3/h4H,1-2H2. The molecule has 0 atom stereocenters. The molecular weight excluding hydrogens is 82.8 g/mol. The molecule has 34 valence electrons. The van der Waals surface area contributed by atoms with Crippen molar-refractivity contribution in [2.45, 2.75) is 6.32 Å². The highest BCUT2D eigenvalue weighted by molar-refractivity contribution is 6.42. The maximum Gasteiger partial charge on any atom is 0.490 e. The van der Waals surface area contributed by atoms with Crippen LogP contribution in [0.5, 0.6) is 0 Å². The molecule has 0 radical (unpaired) electrons. The van der Waals surface area contributed by atoms with Gasteiger partial charge in [-0.2, -0.15) is 0 Å². The Kier molecular flexibility index (Phi) is 1.09. The summed E-state index contributed by atoms with van der Waals surface area (Å²) in [6.45, 7) is 0.515. The lowest BCUT2D eigenvalue weighted by atomic mass is 9.88. The largest absolute Gasteiger partial charge is 0.490 e. The van der Waals surface area contributed by atoms with E-state index in [1.807, 2.05) is 0 Å². The fraction of sp³-hybridized carbons (Fsp3) is 1.00. The van der Waals surface area contributed by atoms with Gasteiger partial charge in [-0.3, -0.25) is 9.69 Å². The first-order chi connectivity index (χ1) is 2.89. The van der Waals surface area contributed by atoms with Crippen molar-refractivity contribution < 1.29 is 14.7 Å². The van der Waals surface area contributed by atoms with E-state index in [4.69, 9.17) is 5.02 Å². The van der Waals surface area contributed by atoms with E-state index >= 15 is 0 Å². The van der Waals surface area contributed by atoms with E-state index in [2.05, 4.69) is 9.69 Å². The minimum absolute atomic E-state index is 0.515. The zero-order valence-electron chi connectivity index (χ0n) is 3.26. The van der Waals surface area contributed by atoms with E-state index < -0.39 is 7.12 Å². The molecule has 1 fully saturated rings. The van der Waals surface area contributed by atoms with Crippen molar-refractivity contribution in [3.8, 4) is 0 Å². The van der Waals surface area contributed by atoms with Gasteiger partial charge in [0, 0.05) is 6.32 Å². The molecule has 1 heterocycles. The van der Waals surface area contributed by atoms with Crippen LogP contribution < -0.4 is 0 Å². The first kappa shape index (κ1) is 4.11. The predicted octanol–water partition coefficient (Wildman–Crippen LogP) is -0.571. The molecule has 1 rings (SSSR count). The summed E-state index contributed by atoms with van der Waals surface area (Å²) >= 11 is 0. The van der Waals surface area contributed by atoms with Crippen molar-refractivity contribution in [1.29, 1.82) is 0 Å². The quantitative estimate of drug-likeness (QED) is 0.318. The molecule has 0 saturated carbocycles. The SMILES string of the molecule is OB1CCOO1. The lowest BCUT2D eigenvalue weighted by Gasteiger charge is -1.84. The molecule has 1 aliphatic rings. The Morgan fingerprint density at radius 3 is 2.67 bits per heavy atom. The van der Waals surface area contributed by atoms with E-state index in [0.717, 1.165) is 0 Å². The molecule has 0 aromatic carbocycles. The van der Waals surface area contributed by atoms with E-state index in [-0.39, 0.29) is 0 Å². The summed E-state index contributed by atoms with van der Waals surface area (Å²) in [6, 6.07) is 0. The number of rotatable bonds is 0. The number of hydrogen-bond donors (Lipinski definition) is 1. The Labute approximate surface area is 35.9 Å². The zero-order valence-corrected chi connectivity index (χ0v) is 3.26. The summed E-state index contributed by atoms with van der Waals surface area (Å²) in [5, 5.41) is 8.38. The van der Waals surface area contributed by atoms with Crippen molar-refractivity contribution in [3.63, 3.8) is 0 Å². The van der Waals surface area contributed by atoms with Crippen LogP contribution in [0.15, 0.2) is 0 Å². The lowest BCUT2D eigenvalue weighted by Crippen LogP contribution is -2.06. The summed E-state index contributed by atoms with van der Waals surface area (Å²) in [5.41, 5.74) is 0. The monoisotopic (exact) mass is 88.0 g/mol. The van der Waals surface area contributed by atoms with Crippen LogP contribution in [0.25, 0.3) is 0 Å². The van der Waals surface area contributed by atoms with E-state index in [0.29, 0.717) is 12.9 Å². The third-order valence-corrected chi connectivity index (χ3v) is 0.627. The van der Waals surface area contributed by atoms with Gasteiger partial charge in [0.1, 0.15) is 0 Å².